The van der Waals surface area contributed by atoms with Crippen LogP contribution in [0.4, 0.5) is 4.39 Å². The summed E-state index contributed by atoms with van der Waals surface area (Å²) in [6.07, 6.45) is 3.78. The van der Waals surface area contributed by atoms with Crippen LogP contribution in [-0.2, 0) is 57.8 Å². The van der Waals surface area contributed by atoms with E-state index in [-0.39, 0.29) is 63.2 Å². The molecule has 2 atom stereocenters. The average Bonchev–Trinajstić information content (AvgIpc) is 3.60. The third-order valence-electron chi connectivity index (χ3n) is 11.1. The van der Waals surface area contributed by atoms with Gasteiger partial charge in [0.1, 0.15) is 25.2 Å². The van der Waals surface area contributed by atoms with E-state index in [1.54, 1.807) is 19.1 Å². The predicted octanol–water partition coefficient (Wildman–Crippen LogP) is 2.86. The number of amides is 5. The molecule has 0 spiro atoms. The van der Waals surface area contributed by atoms with E-state index >= 15 is 0 Å². The molecular weight excluding hydrogens is 806 g/mol. The van der Waals surface area contributed by atoms with E-state index < -0.39 is 46.7 Å². The SMILES string of the molecule is CCC(C)(C)C(=O)NCCCCCC(=O)NCC(=O)NC(C)C(=O)NCC(=O)NCOCCCCc1c2c(nc3cc(F)c(C)cc13)-c1cc(C(C)O)c(COC=O)c(=O)n1C2. The molecule has 4 rings (SSSR count). The minimum absolute atomic E-state index is 0.00353. The van der Waals surface area contributed by atoms with Crippen LogP contribution in [0.15, 0.2) is 23.0 Å². The van der Waals surface area contributed by atoms with Gasteiger partial charge in [0, 0.05) is 42.0 Å². The van der Waals surface area contributed by atoms with Gasteiger partial charge < -0.3 is 45.7 Å². The highest BCUT2D eigenvalue weighted by molar-refractivity contribution is 5.92. The number of halogens is 1. The van der Waals surface area contributed by atoms with Crippen LogP contribution in [0, 0.1) is 18.2 Å². The standard InChI is InChI=1S/C44H60FN7O10/c1-7-44(5,6)43(60)46-15-11-8-9-14-37(55)47-21-39(57)50-27(3)41(58)48-20-38(56)49-24-61-16-12-10-13-29-31-17-26(2)34(45)19-35(31)51-40-32(29)22-52-36(40)18-30(28(4)54)33(42(52)59)23-62-25-53/h17-19,25,27-28,54H,7-16,20-24H2,1-6H3,(H,46,60)(H,47,55)(H,48,58)(H,49,56)(H,50,57). The molecular formula is C44H60FN7O10. The summed E-state index contributed by atoms with van der Waals surface area (Å²) >= 11 is 0. The molecule has 6 N–H and O–H groups in total. The molecule has 0 fully saturated rings. The van der Waals surface area contributed by atoms with Gasteiger partial charge in [-0.05, 0) is 88.1 Å². The fraction of sp³-hybridized carbons (Fsp3) is 0.545. The minimum atomic E-state index is -1.03. The van der Waals surface area contributed by atoms with Gasteiger partial charge in [0.2, 0.25) is 29.5 Å². The number of fused-ring (bicyclic) bond motifs is 4. The Balaban J connectivity index is 1.16. The van der Waals surface area contributed by atoms with Gasteiger partial charge in [-0.15, -0.1) is 0 Å². The van der Waals surface area contributed by atoms with Crippen molar-refractivity contribution in [2.45, 2.75) is 118 Å². The first-order chi connectivity index (χ1) is 29.5. The number of ether oxygens (including phenoxy) is 2. The van der Waals surface area contributed by atoms with E-state index in [1.165, 1.54) is 24.5 Å². The highest BCUT2D eigenvalue weighted by Crippen LogP contribution is 2.38. The number of carbonyl (C=O) groups is 6. The number of aliphatic hydroxyl groups excluding tert-OH is 1. The van der Waals surface area contributed by atoms with Crippen molar-refractivity contribution in [3.05, 3.63) is 62.2 Å². The first-order valence-corrected chi connectivity index (χ1v) is 21.1. The Bertz CT molecular complexity index is 2190. The number of pyridine rings is 2. The van der Waals surface area contributed by atoms with Crippen LogP contribution in [0.25, 0.3) is 22.3 Å². The van der Waals surface area contributed by atoms with Crippen molar-refractivity contribution in [1.82, 2.24) is 36.1 Å². The smallest absolute Gasteiger partial charge is 0.293 e. The normalized spacial score (nSPS) is 12.8. The number of benzene rings is 1. The number of aromatic nitrogens is 2. The van der Waals surface area contributed by atoms with Crippen LogP contribution >= 0.6 is 0 Å². The molecule has 18 heteroatoms. The fourth-order valence-electron chi connectivity index (χ4n) is 6.93. The Kier molecular flexibility index (Phi) is 18.1. The van der Waals surface area contributed by atoms with Crippen molar-refractivity contribution in [2.75, 3.05) is 33.0 Å². The molecule has 1 aliphatic heterocycles. The van der Waals surface area contributed by atoms with Gasteiger partial charge in [0.05, 0.1) is 48.2 Å². The van der Waals surface area contributed by atoms with E-state index in [9.17, 15) is 43.1 Å². The Morgan fingerprint density at radius 2 is 1.69 bits per heavy atom. The van der Waals surface area contributed by atoms with Crippen LogP contribution in [-0.4, -0.2) is 89.7 Å². The maximum Gasteiger partial charge on any atom is 0.293 e. The highest BCUT2D eigenvalue weighted by atomic mass is 19.1. The van der Waals surface area contributed by atoms with Crippen molar-refractivity contribution < 1.29 is 47.7 Å². The van der Waals surface area contributed by atoms with E-state index in [0.717, 1.165) is 35.8 Å². The lowest BCUT2D eigenvalue weighted by atomic mass is 9.89. The molecule has 338 valence electrons. The van der Waals surface area contributed by atoms with Gasteiger partial charge in [0.15, 0.2) is 0 Å². The largest absolute Gasteiger partial charge is 0.463 e. The summed E-state index contributed by atoms with van der Waals surface area (Å²) in [7, 11) is 0. The molecule has 2 aromatic heterocycles. The number of rotatable bonds is 25. The van der Waals surface area contributed by atoms with Gasteiger partial charge in [-0.3, -0.25) is 33.6 Å². The first kappa shape index (κ1) is 48.9. The van der Waals surface area contributed by atoms with Crippen molar-refractivity contribution in [2.24, 2.45) is 5.41 Å². The zero-order valence-corrected chi connectivity index (χ0v) is 36.5. The number of carbonyl (C=O) groups excluding carboxylic acids is 6. The monoisotopic (exact) mass is 865 g/mol. The number of hydrogen-bond acceptors (Lipinski definition) is 11. The molecule has 62 heavy (non-hydrogen) atoms. The van der Waals surface area contributed by atoms with Crippen LogP contribution in [0.1, 0.15) is 113 Å². The topological polar surface area (TPSA) is 236 Å². The molecule has 0 bridgehead atoms. The summed E-state index contributed by atoms with van der Waals surface area (Å²) in [6.45, 7) is 10.6. The van der Waals surface area contributed by atoms with Crippen LogP contribution in [0.2, 0.25) is 0 Å². The predicted molar refractivity (Wildman–Crippen MR) is 228 cm³/mol. The quantitative estimate of drug-likeness (QED) is 0.0322. The second-order valence-electron chi connectivity index (χ2n) is 16.2. The maximum atomic E-state index is 14.8. The molecule has 0 saturated carbocycles. The molecule has 2 unspecified atom stereocenters. The second-order valence-corrected chi connectivity index (χ2v) is 16.2. The lowest BCUT2D eigenvalue weighted by Crippen LogP contribution is -2.49. The summed E-state index contributed by atoms with van der Waals surface area (Å²) < 4.78 is 26.8. The van der Waals surface area contributed by atoms with Gasteiger partial charge in [-0.25, -0.2) is 9.37 Å². The van der Waals surface area contributed by atoms with Gasteiger partial charge in [0.25, 0.3) is 12.0 Å². The number of nitrogens with one attached hydrogen (secondary N) is 5. The van der Waals surface area contributed by atoms with Crippen molar-refractivity contribution >= 4 is 46.9 Å². The molecule has 0 radical (unpaired) electrons. The summed E-state index contributed by atoms with van der Waals surface area (Å²) in [6, 6.07) is 3.82. The molecule has 5 amide bonds. The number of nitrogens with zero attached hydrogens (tertiary/aromatic N) is 2. The van der Waals surface area contributed by atoms with E-state index in [4.69, 9.17) is 14.5 Å². The Labute approximate surface area is 360 Å². The Morgan fingerprint density at radius 1 is 0.952 bits per heavy atom. The summed E-state index contributed by atoms with van der Waals surface area (Å²) in [5.74, 6) is -2.37. The molecule has 17 nitrogen and oxygen atoms in total. The van der Waals surface area contributed by atoms with Gasteiger partial charge >= 0.3 is 0 Å². The molecule has 0 aliphatic carbocycles. The number of aliphatic hydroxyl groups is 1. The lowest BCUT2D eigenvalue weighted by molar-refractivity contribution is -0.130. The van der Waals surface area contributed by atoms with E-state index in [0.29, 0.717) is 66.9 Å². The van der Waals surface area contributed by atoms with Gasteiger partial charge in [-0.2, -0.15) is 0 Å². The first-order valence-electron chi connectivity index (χ1n) is 21.1. The summed E-state index contributed by atoms with van der Waals surface area (Å²) in [5, 5.41) is 24.2. The molecule has 1 aliphatic rings. The second kappa shape index (κ2) is 22.9. The van der Waals surface area contributed by atoms with Crippen LogP contribution < -0.4 is 32.1 Å². The maximum absolute atomic E-state index is 14.8. The third kappa shape index (κ3) is 13.1. The van der Waals surface area contributed by atoms with Crippen LogP contribution in [0.3, 0.4) is 0 Å². The number of aryl methyl sites for hydroxylation is 2. The average molecular weight is 866 g/mol. The summed E-state index contributed by atoms with van der Waals surface area (Å²) in [4.78, 5) is 90.7. The Morgan fingerprint density at radius 3 is 2.40 bits per heavy atom. The molecule has 1 aromatic carbocycles. The van der Waals surface area contributed by atoms with Crippen molar-refractivity contribution in [3.63, 3.8) is 0 Å². The van der Waals surface area contributed by atoms with Crippen molar-refractivity contribution in [1.29, 1.82) is 0 Å². The number of unbranched alkanes of at least 4 members (excludes halogenated alkanes) is 3. The van der Waals surface area contributed by atoms with E-state index in [2.05, 4.69) is 26.6 Å². The van der Waals surface area contributed by atoms with E-state index in [1.807, 2.05) is 20.8 Å². The molecule has 3 heterocycles. The number of hydrogen-bond donors (Lipinski definition) is 6. The highest BCUT2D eigenvalue weighted by Gasteiger charge is 2.30. The van der Waals surface area contributed by atoms with Crippen molar-refractivity contribution in [3.8, 4) is 11.4 Å². The van der Waals surface area contributed by atoms with Crippen LogP contribution in [0.5, 0.6) is 0 Å². The minimum Gasteiger partial charge on any atom is -0.463 e. The molecule has 0 saturated heterocycles. The zero-order valence-electron chi connectivity index (χ0n) is 36.5. The fourth-order valence-corrected chi connectivity index (χ4v) is 6.93. The zero-order chi connectivity index (χ0) is 45.6. The Hall–Kier alpha value is -5.75. The summed E-state index contributed by atoms with van der Waals surface area (Å²) in [5.41, 5.74) is 3.21. The lowest BCUT2D eigenvalue weighted by Gasteiger charge is -2.21. The molecule has 3 aromatic rings. The van der Waals surface area contributed by atoms with Gasteiger partial charge in [-0.1, -0.05) is 27.2 Å². The third-order valence-corrected chi connectivity index (χ3v) is 11.1.